The molecule has 0 spiro atoms. The zero-order valence-corrected chi connectivity index (χ0v) is 19.8. The molecule has 3 heterocycles. The van der Waals surface area contributed by atoms with Gasteiger partial charge in [-0.15, -0.1) is 0 Å². The summed E-state index contributed by atoms with van der Waals surface area (Å²) in [6.45, 7) is 5.81. The van der Waals surface area contributed by atoms with E-state index in [1.165, 1.54) is 18.0 Å². The summed E-state index contributed by atoms with van der Waals surface area (Å²) in [5, 5.41) is 15.1. The number of phenols is 1. The number of aromatic amines is 1. The summed E-state index contributed by atoms with van der Waals surface area (Å²) in [6, 6.07) is 15.3. The number of H-pyrrole nitrogens is 1. The number of methoxy groups -OCH3 is 1. The first-order valence-electron chi connectivity index (χ1n) is 11.8. The lowest BCUT2D eigenvalue weighted by atomic mass is 9.92. The average molecular weight is 459 g/mol. The lowest BCUT2D eigenvalue weighted by Gasteiger charge is -2.28. The molecule has 5 rings (SSSR count). The Kier molecular flexibility index (Phi) is 5.77. The van der Waals surface area contributed by atoms with Gasteiger partial charge in [0.05, 0.1) is 7.11 Å². The lowest BCUT2D eigenvalue weighted by molar-refractivity contribution is 0.373. The second-order valence-electron chi connectivity index (χ2n) is 8.99. The van der Waals surface area contributed by atoms with E-state index < -0.39 is 0 Å². The second kappa shape index (κ2) is 8.89. The Bertz CT molecular complexity index is 1380. The highest BCUT2D eigenvalue weighted by atomic mass is 16.5. The summed E-state index contributed by atoms with van der Waals surface area (Å²) in [5.41, 5.74) is 5.66. The van der Waals surface area contributed by atoms with Gasteiger partial charge in [0.2, 0.25) is 0 Å². The van der Waals surface area contributed by atoms with Gasteiger partial charge in [-0.2, -0.15) is 9.61 Å². The first kappa shape index (κ1) is 22.1. The largest absolute Gasteiger partial charge is 0.504 e. The van der Waals surface area contributed by atoms with Crippen molar-refractivity contribution in [3.05, 3.63) is 75.7 Å². The number of aromatic nitrogens is 3. The van der Waals surface area contributed by atoms with E-state index >= 15 is 0 Å². The van der Waals surface area contributed by atoms with Gasteiger partial charge in [0.1, 0.15) is 11.4 Å². The van der Waals surface area contributed by atoms with Crippen molar-refractivity contribution in [3.63, 3.8) is 0 Å². The van der Waals surface area contributed by atoms with Crippen LogP contribution < -0.4 is 15.2 Å². The van der Waals surface area contributed by atoms with Crippen LogP contribution in [0.15, 0.2) is 53.3 Å². The van der Waals surface area contributed by atoms with Crippen molar-refractivity contribution in [2.45, 2.75) is 39.0 Å². The van der Waals surface area contributed by atoms with Crippen molar-refractivity contribution in [1.29, 1.82) is 0 Å². The predicted molar refractivity (Wildman–Crippen MR) is 134 cm³/mol. The molecule has 2 N–H and O–H groups in total. The first-order valence-corrected chi connectivity index (χ1v) is 11.8. The number of rotatable bonds is 5. The van der Waals surface area contributed by atoms with E-state index in [0.29, 0.717) is 11.3 Å². The van der Waals surface area contributed by atoms with Gasteiger partial charge in [-0.05, 0) is 43.9 Å². The van der Waals surface area contributed by atoms with Crippen LogP contribution in [0.4, 0.5) is 5.69 Å². The van der Waals surface area contributed by atoms with Crippen LogP contribution >= 0.6 is 0 Å². The van der Waals surface area contributed by atoms with E-state index in [2.05, 4.69) is 9.88 Å². The molecule has 1 saturated heterocycles. The summed E-state index contributed by atoms with van der Waals surface area (Å²) < 4.78 is 6.69. The lowest BCUT2D eigenvalue weighted by Crippen LogP contribution is -2.30. The van der Waals surface area contributed by atoms with E-state index in [9.17, 15) is 9.90 Å². The quantitative estimate of drug-likeness (QED) is 0.447. The third-order valence-electron chi connectivity index (χ3n) is 6.85. The first-order chi connectivity index (χ1) is 16.5. The van der Waals surface area contributed by atoms with Crippen molar-refractivity contribution in [2.75, 3.05) is 25.1 Å². The number of phenolic OH excluding ortho intramolecular Hbond substituents is 1. The highest BCUT2D eigenvalue weighted by Crippen LogP contribution is 2.36. The molecule has 7 heteroatoms. The fraction of sp³-hybridized carbons (Fsp3) is 0.333. The Balaban J connectivity index is 1.70. The number of anilines is 1. The summed E-state index contributed by atoms with van der Waals surface area (Å²) in [5.74, 6) is 0.218. The molecule has 0 radical (unpaired) electrons. The summed E-state index contributed by atoms with van der Waals surface area (Å²) in [7, 11) is 1.52. The van der Waals surface area contributed by atoms with E-state index in [0.717, 1.165) is 59.8 Å². The summed E-state index contributed by atoms with van der Waals surface area (Å²) in [4.78, 5) is 19.7. The summed E-state index contributed by atoms with van der Waals surface area (Å²) >= 11 is 0. The minimum atomic E-state index is -0.243. The van der Waals surface area contributed by atoms with Gasteiger partial charge in [-0.3, -0.25) is 4.79 Å². The number of hydrogen-bond acceptors (Lipinski definition) is 5. The molecule has 2 aromatic carbocycles. The molecule has 1 aliphatic rings. The van der Waals surface area contributed by atoms with Crippen molar-refractivity contribution < 1.29 is 9.84 Å². The molecule has 0 aliphatic carbocycles. The molecule has 34 heavy (non-hydrogen) atoms. The maximum Gasteiger partial charge on any atom is 0.278 e. The number of aromatic hydroxyl groups is 1. The van der Waals surface area contributed by atoms with Crippen LogP contribution in [-0.2, 0) is 0 Å². The van der Waals surface area contributed by atoms with Gasteiger partial charge in [-0.1, -0.05) is 43.3 Å². The number of nitrogens with zero attached hydrogens (tertiary/aromatic N) is 3. The van der Waals surface area contributed by atoms with E-state index in [4.69, 9.17) is 9.84 Å². The molecule has 1 unspecified atom stereocenters. The van der Waals surface area contributed by atoms with Gasteiger partial charge < -0.3 is 19.7 Å². The minimum Gasteiger partial charge on any atom is -0.504 e. The molecule has 0 amide bonds. The third-order valence-corrected chi connectivity index (χ3v) is 6.85. The number of hydrogen-bond donors (Lipinski definition) is 2. The van der Waals surface area contributed by atoms with Crippen LogP contribution in [0.3, 0.4) is 0 Å². The molecule has 176 valence electrons. The number of aryl methyl sites for hydroxylation is 1. The van der Waals surface area contributed by atoms with Crippen molar-refractivity contribution in [2.24, 2.45) is 0 Å². The smallest absolute Gasteiger partial charge is 0.278 e. The molecule has 1 atom stereocenters. The zero-order valence-electron chi connectivity index (χ0n) is 19.8. The second-order valence-corrected chi connectivity index (χ2v) is 8.99. The molecule has 0 saturated carbocycles. The number of piperidine rings is 1. The van der Waals surface area contributed by atoms with E-state index in [1.54, 1.807) is 12.1 Å². The molecular formula is C27H30N4O3. The Morgan fingerprint density at radius 3 is 2.50 bits per heavy atom. The normalized spacial score (nSPS) is 15.0. The van der Waals surface area contributed by atoms with Gasteiger partial charge in [0.15, 0.2) is 17.1 Å². The fourth-order valence-corrected chi connectivity index (χ4v) is 5.05. The highest BCUT2D eigenvalue weighted by molar-refractivity contribution is 5.86. The van der Waals surface area contributed by atoms with Crippen LogP contribution in [0.2, 0.25) is 0 Å². The van der Waals surface area contributed by atoms with Crippen molar-refractivity contribution >= 4 is 11.3 Å². The van der Waals surface area contributed by atoms with Crippen LogP contribution in [0, 0.1) is 6.92 Å². The maximum absolute atomic E-state index is 13.8. The molecule has 2 aromatic heterocycles. The molecular weight excluding hydrogens is 428 g/mol. The Morgan fingerprint density at radius 2 is 1.82 bits per heavy atom. The third kappa shape index (κ3) is 3.71. The number of benzene rings is 2. The van der Waals surface area contributed by atoms with Crippen molar-refractivity contribution in [3.8, 4) is 22.8 Å². The fourth-order valence-electron chi connectivity index (χ4n) is 5.05. The monoisotopic (exact) mass is 458 g/mol. The number of fused-ring (bicyclic) bond motifs is 1. The Labute approximate surface area is 198 Å². The predicted octanol–water partition coefficient (Wildman–Crippen LogP) is 4.85. The van der Waals surface area contributed by atoms with E-state index in [1.807, 2.05) is 50.2 Å². The molecule has 4 aromatic rings. The highest BCUT2D eigenvalue weighted by Gasteiger charge is 2.26. The van der Waals surface area contributed by atoms with Crippen LogP contribution in [-0.4, -0.2) is 39.9 Å². The van der Waals surface area contributed by atoms with Crippen LogP contribution in [0.5, 0.6) is 11.5 Å². The Hall–Kier alpha value is -3.74. The molecule has 7 nitrogen and oxygen atoms in total. The maximum atomic E-state index is 13.8. The molecule has 1 fully saturated rings. The molecule has 1 aliphatic heterocycles. The van der Waals surface area contributed by atoms with Gasteiger partial charge in [0, 0.05) is 35.8 Å². The SMILES string of the molecule is COc1ccc(C(C)c2c(C)[nH]c3c(N4CCCCC4)c(-c4ccccc4)nn3c2=O)cc1O. The Morgan fingerprint density at radius 1 is 1.09 bits per heavy atom. The van der Waals surface area contributed by atoms with Crippen LogP contribution in [0.25, 0.3) is 16.9 Å². The number of ether oxygens (including phenoxy) is 1. The number of nitrogens with one attached hydrogen (secondary N) is 1. The van der Waals surface area contributed by atoms with E-state index in [-0.39, 0.29) is 17.2 Å². The minimum absolute atomic E-state index is 0.0554. The van der Waals surface area contributed by atoms with Crippen LogP contribution in [0.1, 0.15) is 48.9 Å². The molecule has 0 bridgehead atoms. The summed E-state index contributed by atoms with van der Waals surface area (Å²) in [6.07, 6.45) is 3.48. The zero-order chi connectivity index (χ0) is 23.8. The topological polar surface area (TPSA) is 82.9 Å². The van der Waals surface area contributed by atoms with Gasteiger partial charge in [0.25, 0.3) is 5.56 Å². The average Bonchev–Trinajstić information content (AvgIpc) is 3.24. The van der Waals surface area contributed by atoms with Gasteiger partial charge in [-0.25, -0.2) is 0 Å². The standard InChI is InChI=1S/C27H30N4O3/c1-17(20-12-13-22(34-3)21(32)16-20)23-18(2)28-26-25(30-14-8-5-9-15-30)24(29-31(26)27(23)33)19-10-6-4-7-11-19/h4,6-7,10-13,16-17,28,32H,5,8-9,14-15H2,1-3H3. The van der Waals surface area contributed by atoms with Gasteiger partial charge >= 0.3 is 0 Å². The van der Waals surface area contributed by atoms with Crippen molar-refractivity contribution in [1.82, 2.24) is 14.6 Å².